The highest BCUT2D eigenvalue weighted by atomic mass is 32.2. The van der Waals surface area contributed by atoms with E-state index in [1.165, 1.54) is 24.3 Å². The van der Waals surface area contributed by atoms with Crippen molar-refractivity contribution < 1.29 is 5.11 Å². The summed E-state index contributed by atoms with van der Waals surface area (Å²) in [6, 6.07) is 0. The van der Waals surface area contributed by atoms with E-state index in [4.69, 9.17) is 0 Å². The molecule has 0 spiro atoms. The zero-order chi connectivity index (χ0) is 7.84. The summed E-state index contributed by atoms with van der Waals surface area (Å²) in [5, 5.41) is 9.79. The van der Waals surface area contributed by atoms with Crippen LogP contribution in [-0.2, 0) is 0 Å². The summed E-state index contributed by atoms with van der Waals surface area (Å²) in [5.74, 6) is 4.48. The van der Waals surface area contributed by atoms with Crippen molar-refractivity contribution >= 4 is 11.8 Å². The average Bonchev–Trinajstić information content (AvgIpc) is 1.92. The van der Waals surface area contributed by atoms with Gasteiger partial charge in [0.2, 0.25) is 0 Å². The number of rotatable bonds is 0. The van der Waals surface area contributed by atoms with Crippen LogP contribution in [0.3, 0.4) is 0 Å². The molecule has 2 heteroatoms. The second-order valence-electron chi connectivity index (χ2n) is 4.12. The highest BCUT2D eigenvalue weighted by molar-refractivity contribution is 7.99. The molecule has 1 heterocycles. The first-order chi connectivity index (χ1) is 5.27. The molecule has 2 bridgehead atoms. The molecule has 2 atom stereocenters. The molecule has 1 N–H and O–H groups in total. The maximum absolute atomic E-state index is 9.79. The van der Waals surface area contributed by atoms with E-state index >= 15 is 0 Å². The zero-order valence-electron chi connectivity index (χ0n) is 6.99. The van der Waals surface area contributed by atoms with Crippen LogP contribution in [0.5, 0.6) is 0 Å². The van der Waals surface area contributed by atoms with Gasteiger partial charge in [0, 0.05) is 0 Å². The number of thioether (sulfide) groups is 1. The summed E-state index contributed by atoms with van der Waals surface area (Å²) < 4.78 is 0. The predicted octanol–water partition coefficient (Wildman–Crippen LogP) is 1.76. The van der Waals surface area contributed by atoms with Gasteiger partial charge in [-0.15, -0.1) is 0 Å². The molecule has 1 aliphatic heterocycles. The van der Waals surface area contributed by atoms with Crippen molar-refractivity contribution in [1.29, 1.82) is 0 Å². The molecule has 1 saturated heterocycles. The average molecular weight is 172 g/mol. The molecule has 2 unspecified atom stereocenters. The molecule has 1 saturated carbocycles. The van der Waals surface area contributed by atoms with Gasteiger partial charge in [-0.3, -0.25) is 0 Å². The summed E-state index contributed by atoms with van der Waals surface area (Å²) in [7, 11) is 0. The number of fused-ring (bicyclic) bond motifs is 2. The van der Waals surface area contributed by atoms with E-state index in [0.29, 0.717) is 11.8 Å². The molecular weight excluding hydrogens is 156 g/mol. The lowest BCUT2D eigenvalue weighted by atomic mass is 9.75. The van der Waals surface area contributed by atoms with Crippen LogP contribution in [-0.4, -0.2) is 22.7 Å². The third-order valence-corrected chi connectivity index (χ3v) is 4.37. The van der Waals surface area contributed by atoms with Gasteiger partial charge in [0.05, 0.1) is 6.10 Å². The lowest BCUT2D eigenvalue weighted by Gasteiger charge is -2.41. The van der Waals surface area contributed by atoms with Crippen LogP contribution in [0.15, 0.2) is 0 Å². The van der Waals surface area contributed by atoms with Gasteiger partial charge in [-0.2, -0.15) is 11.8 Å². The van der Waals surface area contributed by atoms with Gasteiger partial charge < -0.3 is 5.11 Å². The molecule has 0 radical (unpaired) electrons. The Bertz CT molecular complexity index is 134. The van der Waals surface area contributed by atoms with E-state index in [-0.39, 0.29) is 6.10 Å². The highest BCUT2D eigenvalue weighted by Crippen LogP contribution is 2.40. The van der Waals surface area contributed by atoms with E-state index in [2.05, 4.69) is 6.92 Å². The lowest BCUT2D eigenvalue weighted by Crippen LogP contribution is -2.42. The molecule has 2 fully saturated rings. The Morgan fingerprint density at radius 3 is 2.27 bits per heavy atom. The van der Waals surface area contributed by atoms with Gasteiger partial charge in [-0.25, -0.2) is 0 Å². The van der Waals surface area contributed by atoms with Crippen molar-refractivity contribution in [2.75, 3.05) is 11.5 Å². The number of aliphatic hydroxyl groups is 1. The molecule has 2 aliphatic rings. The highest BCUT2D eigenvalue weighted by Gasteiger charge is 2.37. The molecule has 1 aliphatic carbocycles. The van der Waals surface area contributed by atoms with Gasteiger partial charge in [0.15, 0.2) is 0 Å². The van der Waals surface area contributed by atoms with Crippen molar-refractivity contribution in [3.8, 4) is 0 Å². The Hall–Kier alpha value is 0.310. The predicted molar refractivity (Wildman–Crippen MR) is 48.7 cm³/mol. The van der Waals surface area contributed by atoms with Crippen molar-refractivity contribution in [2.45, 2.75) is 25.9 Å². The van der Waals surface area contributed by atoms with Gasteiger partial charge in [0.25, 0.3) is 0 Å². The van der Waals surface area contributed by atoms with Crippen molar-refractivity contribution in [3.63, 3.8) is 0 Å². The second-order valence-corrected chi connectivity index (χ2v) is 5.20. The van der Waals surface area contributed by atoms with Gasteiger partial charge in [0.1, 0.15) is 0 Å². The third kappa shape index (κ3) is 1.43. The standard InChI is InChI=1S/C9H16OS/c1-6-2-7-4-11-5-8(3-6)9(7)10/h6-10H,2-5H2,1H3. The Morgan fingerprint density at radius 2 is 1.73 bits per heavy atom. The summed E-state index contributed by atoms with van der Waals surface area (Å²) >= 11 is 2.03. The summed E-state index contributed by atoms with van der Waals surface area (Å²) in [6.45, 7) is 2.32. The van der Waals surface area contributed by atoms with Crippen molar-refractivity contribution in [1.82, 2.24) is 0 Å². The van der Waals surface area contributed by atoms with E-state index in [1.54, 1.807) is 0 Å². The number of hydrogen-bond acceptors (Lipinski definition) is 2. The van der Waals surface area contributed by atoms with Crippen molar-refractivity contribution in [3.05, 3.63) is 0 Å². The molecule has 0 aromatic carbocycles. The first kappa shape index (κ1) is 7.93. The van der Waals surface area contributed by atoms with Crippen LogP contribution in [0.1, 0.15) is 19.8 Å². The molecule has 11 heavy (non-hydrogen) atoms. The van der Waals surface area contributed by atoms with Crippen LogP contribution < -0.4 is 0 Å². The van der Waals surface area contributed by atoms with E-state index < -0.39 is 0 Å². The van der Waals surface area contributed by atoms with Crippen molar-refractivity contribution in [2.24, 2.45) is 17.8 Å². The minimum absolute atomic E-state index is 0.0347. The third-order valence-electron chi connectivity index (χ3n) is 3.04. The van der Waals surface area contributed by atoms with Gasteiger partial charge in [-0.05, 0) is 42.1 Å². The number of aliphatic hydroxyl groups excluding tert-OH is 1. The molecule has 0 aromatic heterocycles. The van der Waals surface area contributed by atoms with E-state index in [0.717, 1.165) is 5.92 Å². The molecule has 1 nitrogen and oxygen atoms in total. The maximum Gasteiger partial charge on any atom is 0.0612 e. The Balaban J connectivity index is 2.07. The molecule has 0 aromatic rings. The van der Waals surface area contributed by atoms with Crippen LogP contribution in [0.2, 0.25) is 0 Å². The molecule has 0 amide bonds. The fraction of sp³-hybridized carbons (Fsp3) is 1.00. The first-order valence-corrected chi connectivity index (χ1v) is 5.68. The smallest absolute Gasteiger partial charge is 0.0612 e. The Labute approximate surface area is 72.6 Å². The topological polar surface area (TPSA) is 20.2 Å². The minimum Gasteiger partial charge on any atom is -0.392 e. The monoisotopic (exact) mass is 172 g/mol. The molecule has 64 valence electrons. The fourth-order valence-corrected chi connectivity index (χ4v) is 3.91. The molecule has 2 rings (SSSR count). The number of hydrogen-bond donors (Lipinski definition) is 1. The summed E-state index contributed by atoms with van der Waals surface area (Å²) in [6.07, 6.45) is 2.54. The van der Waals surface area contributed by atoms with Crippen LogP contribution in [0.25, 0.3) is 0 Å². The summed E-state index contributed by atoms with van der Waals surface area (Å²) in [4.78, 5) is 0. The normalized spacial score (nSPS) is 50.7. The van der Waals surface area contributed by atoms with Gasteiger partial charge >= 0.3 is 0 Å². The fourth-order valence-electron chi connectivity index (χ4n) is 2.50. The quantitative estimate of drug-likeness (QED) is 0.601. The maximum atomic E-state index is 9.79. The Morgan fingerprint density at radius 1 is 1.18 bits per heavy atom. The lowest BCUT2D eigenvalue weighted by molar-refractivity contribution is 0.0145. The molecular formula is C9H16OS. The Kier molecular flexibility index (Phi) is 2.15. The van der Waals surface area contributed by atoms with E-state index in [9.17, 15) is 5.11 Å². The van der Waals surface area contributed by atoms with Gasteiger partial charge in [-0.1, -0.05) is 6.92 Å². The zero-order valence-corrected chi connectivity index (χ0v) is 7.81. The first-order valence-electron chi connectivity index (χ1n) is 4.53. The largest absolute Gasteiger partial charge is 0.392 e. The van der Waals surface area contributed by atoms with E-state index in [1.807, 2.05) is 11.8 Å². The van der Waals surface area contributed by atoms with Crippen LogP contribution in [0.4, 0.5) is 0 Å². The SMILES string of the molecule is CC1CC2CSCC(C1)C2O. The summed E-state index contributed by atoms with van der Waals surface area (Å²) in [5.41, 5.74) is 0. The second kappa shape index (κ2) is 2.98. The minimum atomic E-state index is 0.0347. The van der Waals surface area contributed by atoms with Crippen LogP contribution in [0, 0.1) is 17.8 Å². The van der Waals surface area contributed by atoms with Crippen LogP contribution >= 0.6 is 11.8 Å².